The molecule has 2 aromatic heterocycles. The van der Waals surface area contributed by atoms with E-state index in [1.54, 1.807) is 11.1 Å². The fraction of sp³-hybridized carbons (Fsp3) is 0.385. The molecular formula is C26H26F4N6O3S. The fourth-order valence-electron chi connectivity index (χ4n) is 4.70. The van der Waals surface area contributed by atoms with Gasteiger partial charge in [0.1, 0.15) is 31.1 Å². The second-order valence-corrected chi connectivity index (χ2v) is 10.1. The summed E-state index contributed by atoms with van der Waals surface area (Å²) < 4.78 is 53.1. The first-order valence-corrected chi connectivity index (χ1v) is 13.4. The van der Waals surface area contributed by atoms with Gasteiger partial charge in [0.2, 0.25) is 5.91 Å². The number of alkyl halides is 4. The van der Waals surface area contributed by atoms with Gasteiger partial charge in [0, 0.05) is 30.0 Å². The van der Waals surface area contributed by atoms with Crippen LogP contribution >= 0.6 is 11.3 Å². The molecule has 14 heteroatoms. The van der Waals surface area contributed by atoms with Crippen molar-refractivity contribution < 1.29 is 32.0 Å². The molecular weight excluding hydrogens is 552 g/mol. The summed E-state index contributed by atoms with van der Waals surface area (Å²) in [4.78, 5) is 29.7. The second-order valence-electron chi connectivity index (χ2n) is 9.25. The van der Waals surface area contributed by atoms with Crippen molar-refractivity contribution in [3.63, 3.8) is 0 Å². The van der Waals surface area contributed by atoms with Gasteiger partial charge in [-0.2, -0.15) is 5.10 Å². The SMILES string of the molecule is CON=Cc1ccccc1C1C=C(c2csc(C3CCN(C(=O)Cn4nc(C(F)F)cc4C(F)F)CC3)n2)NO1. The number of hydrogen-bond donors (Lipinski definition) is 1. The minimum atomic E-state index is -3.01. The minimum absolute atomic E-state index is 0.124. The summed E-state index contributed by atoms with van der Waals surface area (Å²) in [7, 11) is 1.48. The van der Waals surface area contributed by atoms with E-state index >= 15 is 0 Å². The molecule has 3 aromatic rings. The Kier molecular flexibility index (Phi) is 8.45. The van der Waals surface area contributed by atoms with Crippen molar-refractivity contribution in [2.45, 2.75) is 44.3 Å². The first-order chi connectivity index (χ1) is 19.3. The number of thiazole rings is 1. The third-order valence-electron chi connectivity index (χ3n) is 6.77. The van der Waals surface area contributed by atoms with Gasteiger partial charge < -0.3 is 9.74 Å². The number of hydroxylamine groups is 1. The van der Waals surface area contributed by atoms with E-state index in [4.69, 9.17) is 14.7 Å². The number of likely N-dealkylation sites (tertiary alicyclic amines) is 1. The normalized spacial score (nSPS) is 18.1. The van der Waals surface area contributed by atoms with Gasteiger partial charge in [0.05, 0.1) is 22.6 Å². The fourth-order valence-corrected chi connectivity index (χ4v) is 5.69. The summed E-state index contributed by atoms with van der Waals surface area (Å²) in [6.45, 7) is 0.286. The molecule has 1 amide bonds. The van der Waals surface area contributed by atoms with Crippen LogP contribution in [0.5, 0.6) is 0 Å². The van der Waals surface area contributed by atoms with Crippen LogP contribution in [0.2, 0.25) is 0 Å². The zero-order chi connectivity index (χ0) is 28.2. The molecule has 0 spiro atoms. The number of amides is 1. The Balaban J connectivity index is 1.20. The molecule has 2 aliphatic rings. The van der Waals surface area contributed by atoms with Crippen molar-refractivity contribution >= 4 is 29.2 Å². The summed E-state index contributed by atoms with van der Waals surface area (Å²) in [5.41, 5.74) is 4.76. The van der Waals surface area contributed by atoms with Crippen molar-refractivity contribution in [3.8, 4) is 0 Å². The van der Waals surface area contributed by atoms with Crippen LogP contribution in [0.1, 0.15) is 70.9 Å². The lowest BCUT2D eigenvalue weighted by Gasteiger charge is -2.31. The maximum Gasteiger partial charge on any atom is 0.282 e. The molecule has 0 radical (unpaired) electrons. The van der Waals surface area contributed by atoms with Gasteiger partial charge in [-0.3, -0.25) is 19.8 Å². The molecule has 1 N–H and O–H groups in total. The molecule has 1 unspecified atom stereocenters. The van der Waals surface area contributed by atoms with E-state index in [1.807, 2.05) is 35.7 Å². The highest BCUT2D eigenvalue weighted by Crippen LogP contribution is 2.35. The molecule has 0 saturated carbocycles. The Labute approximate surface area is 231 Å². The molecule has 1 atom stereocenters. The van der Waals surface area contributed by atoms with Gasteiger partial charge in [0.25, 0.3) is 12.9 Å². The Hall–Kier alpha value is -3.78. The van der Waals surface area contributed by atoms with Crippen molar-refractivity contribution in [1.82, 2.24) is 25.1 Å². The number of carbonyl (C=O) groups excluding carboxylic acids is 1. The molecule has 0 aliphatic carbocycles. The van der Waals surface area contributed by atoms with Crippen LogP contribution < -0.4 is 5.48 Å². The van der Waals surface area contributed by atoms with Gasteiger partial charge in [-0.1, -0.05) is 29.4 Å². The zero-order valence-corrected chi connectivity index (χ0v) is 22.2. The number of nitrogens with one attached hydrogen (secondary N) is 1. The van der Waals surface area contributed by atoms with E-state index in [-0.39, 0.29) is 12.0 Å². The summed E-state index contributed by atoms with van der Waals surface area (Å²) in [5.74, 6) is -0.317. The monoisotopic (exact) mass is 578 g/mol. The Morgan fingerprint density at radius 2 is 2.02 bits per heavy atom. The standard InChI is InChI=1S/C26H26F4N6O3S/c1-38-31-12-16-4-2-3-5-17(16)22-11-18(34-39-22)20-14-40-26(32-20)15-6-8-35(9-7-15)23(37)13-36-21(25(29)30)10-19(33-36)24(27)28/h2-5,10-12,14-15,22,24-25,34H,6-9,13H2,1H3. The molecule has 1 aromatic carbocycles. The van der Waals surface area contributed by atoms with Gasteiger partial charge in [-0.15, -0.1) is 11.3 Å². The smallest absolute Gasteiger partial charge is 0.282 e. The molecule has 0 bridgehead atoms. The highest BCUT2D eigenvalue weighted by molar-refractivity contribution is 7.09. The first-order valence-electron chi connectivity index (χ1n) is 12.5. The number of oxime groups is 1. The van der Waals surface area contributed by atoms with Crippen LogP contribution in [-0.2, 0) is 21.0 Å². The van der Waals surface area contributed by atoms with E-state index in [2.05, 4.69) is 15.7 Å². The van der Waals surface area contributed by atoms with Gasteiger partial charge >= 0.3 is 0 Å². The highest BCUT2D eigenvalue weighted by Gasteiger charge is 2.29. The Morgan fingerprint density at radius 1 is 1.25 bits per heavy atom. The average molecular weight is 579 g/mol. The van der Waals surface area contributed by atoms with Crippen molar-refractivity contribution in [2.24, 2.45) is 5.16 Å². The van der Waals surface area contributed by atoms with E-state index in [0.717, 1.165) is 27.5 Å². The average Bonchev–Trinajstić information content (AvgIpc) is 3.72. The lowest BCUT2D eigenvalue weighted by atomic mass is 9.97. The maximum atomic E-state index is 13.3. The third-order valence-corrected chi connectivity index (χ3v) is 7.78. The molecule has 4 heterocycles. The topological polar surface area (TPSA) is 93.9 Å². The maximum absolute atomic E-state index is 13.3. The zero-order valence-electron chi connectivity index (χ0n) is 21.3. The molecule has 9 nitrogen and oxygen atoms in total. The highest BCUT2D eigenvalue weighted by atomic mass is 32.1. The van der Waals surface area contributed by atoms with E-state index in [9.17, 15) is 22.4 Å². The van der Waals surface area contributed by atoms with Crippen LogP contribution in [-0.4, -0.2) is 52.0 Å². The molecule has 2 aliphatic heterocycles. The van der Waals surface area contributed by atoms with Crippen LogP contribution in [0.3, 0.4) is 0 Å². The quantitative estimate of drug-likeness (QED) is 0.213. The number of halogens is 4. The summed E-state index contributed by atoms with van der Waals surface area (Å²) in [5, 5.41) is 10.2. The van der Waals surface area contributed by atoms with Gasteiger partial charge in [-0.25, -0.2) is 22.5 Å². The Bertz CT molecular complexity index is 1400. The number of aromatic nitrogens is 3. The second kappa shape index (κ2) is 12.2. The number of nitrogens with zero attached hydrogens (tertiary/aromatic N) is 5. The van der Waals surface area contributed by atoms with Crippen LogP contribution in [0.25, 0.3) is 5.70 Å². The van der Waals surface area contributed by atoms with Crippen molar-refractivity contribution in [3.05, 3.63) is 75.0 Å². The van der Waals surface area contributed by atoms with Gasteiger partial charge in [0.15, 0.2) is 0 Å². The van der Waals surface area contributed by atoms with E-state index in [1.165, 1.54) is 18.4 Å². The Morgan fingerprint density at radius 3 is 2.75 bits per heavy atom. The summed E-state index contributed by atoms with van der Waals surface area (Å²) >= 11 is 1.52. The number of rotatable bonds is 9. The summed E-state index contributed by atoms with van der Waals surface area (Å²) in [6, 6.07) is 8.33. The molecule has 1 saturated heterocycles. The van der Waals surface area contributed by atoms with Crippen LogP contribution in [0, 0.1) is 0 Å². The van der Waals surface area contributed by atoms with E-state index in [0.29, 0.717) is 36.7 Å². The number of benzene rings is 1. The van der Waals surface area contributed by atoms with Crippen LogP contribution in [0.15, 0.2) is 46.9 Å². The predicted octanol–water partition coefficient (Wildman–Crippen LogP) is 5.22. The van der Waals surface area contributed by atoms with Crippen molar-refractivity contribution in [2.75, 3.05) is 20.2 Å². The third kappa shape index (κ3) is 6.02. The van der Waals surface area contributed by atoms with Gasteiger partial charge in [-0.05, 0) is 30.5 Å². The lowest BCUT2D eigenvalue weighted by molar-refractivity contribution is -0.133. The summed E-state index contributed by atoms with van der Waals surface area (Å²) in [6.07, 6.45) is -1.50. The van der Waals surface area contributed by atoms with Crippen LogP contribution in [0.4, 0.5) is 17.6 Å². The molecule has 40 heavy (non-hydrogen) atoms. The van der Waals surface area contributed by atoms with E-state index < -0.39 is 36.7 Å². The van der Waals surface area contributed by atoms with Crippen molar-refractivity contribution in [1.29, 1.82) is 0 Å². The number of piperidine rings is 1. The lowest BCUT2D eigenvalue weighted by Crippen LogP contribution is -2.40. The number of hydrogen-bond acceptors (Lipinski definition) is 8. The molecule has 1 fully saturated rings. The minimum Gasteiger partial charge on any atom is -0.399 e. The number of carbonyl (C=O) groups is 1. The molecule has 5 rings (SSSR count). The first kappa shape index (κ1) is 27.8. The largest absolute Gasteiger partial charge is 0.399 e. The molecule has 212 valence electrons. The predicted molar refractivity (Wildman–Crippen MR) is 139 cm³/mol.